The molecule has 3 heteroatoms. The maximum absolute atomic E-state index is 5.56. The number of methoxy groups -OCH3 is 1. The molecule has 120 valence electrons. The molecule has 1 N–H and O–H groups in total. The van der Waals surface area contributed by atoms with Crippen LogP contribution in [0.15, 0.2) is 18.2 Å². The molecule has 0 aliphatic heterocycles. The number of benzene rings is 1. The molecule has 0 aliphatic carbocycles. The number of rotatable bonds is 10. The molecule has 0 saturated carbocycles. The standard InChI is InChI=1S/C18H32N2O/c1-6-10-20(11-7-2)14-16-8-9-17(13-19-15(3)4)18(12-16)21-5/h8-9,12,15,19H,6-7,10-11,13-14H2,1-5H3. The van der Waals surface area contributed by atoms with Crippen molar-refractivity contribution in [3.8, 4) is 5.75 Å². The summed E-state index contributed by atoms with van der Waals surface area (Å²) < 4.78 is 5.56. The molecule has 0 aromatic heterocycles. The molecule has 3 nitrogen and oxygen atoms in total. The molecule has 0 aliphatic rings. The minimum Gasteiger partial charge on any atom is -0.496 e. The van der Waals surface area contributed by atoms with Crippen molar-refractivity contribution in [2.24, 2.45) is 0 Å². The highest BCUT2D eigenvalue weighted by molar-refractivity contribution is 5.37. The minimum atomic E-state index is 0.485. The minimum absolute atomic E-state index is 0.485. The van der Waals surface area contributed by atoms with E-state index in [1.54, 1.807) is 7.11 Å². The lowest BCUT2D eigenvalue weighted by molar-refractivity contribution is 0.266. The molecule has 0 bridgehead atoms. The largest absolute Gasteiger partial charge is 0.496 e. The Kier molecular flexibility index (Phi) is 8.40. The van der Waals surface area contributed by atoms with E-state index in [0.717, 1.165) is 31.9 Å². The number of nitrogens with one attached hydrogen (secondary N) is 1. The number of hydrogen-bond donors (Lipinski definition) is 1. The molecule has 0 heterocycles. The van der Waals surface area contributed by atoms with Gasteiger partial charge in [-0.15, -0.1) is 0 Å². The zero-order valence-corrected chi connectivity index (χ0v) is 14.4. The topological polar surface area (TPSA) is 24.5 Å². The summed E-state index contributed by atoms with van der Waals surface area (Å²) in [6, 6.07) is 7.10. The van der Waals surface area contributed by atoms with Gasteiger partial charge in [0.25, 0.3) is 0 Å². The van der Waals surface area contributed by atoms with Crippen LogP contribution in [-0.4, -0.2) is 31.1 Å². The molecule has 0 fully saturated rings. The molecule has 0 radical (unpaired) electrons. The zero-order chi connectivity index (χ0) is 15.7. The van der Waals surface area contributed by atoms with Crippen molar-refractivity contribution in [2.75, 3.05) is 20.2 Å². The molecule has 0 amide bonds. The van der Waals surface area contributed by atoms with Gasteiger partial charge >= 0.3 is 0 Å². The van der Waals surface area contributed by atoms with Crippen LogP contribution < -0.4 is 10.1 Å². The van der Waals surface area contributed by atoms with Crippen molar-refractivity contribution in [1.82, 2.24) is 10.2 Å². The van der Waals surface area contributed by atoms with E-state index in [0.29, 0.717) is 6.04 Å². The van der Waals surface area contributed by atoms with Crippen LogP contribution in [0.5, 0.6) is 5.75 Å². The Morgan fingerprint density at radius 3 is 2.33 bits per heavy atom. The van der Waals surface area contributed by atoms with Crippen LogP contribution in [0.2, 0.25) is 0 Å². The van der Waals surface area contributed by atoms with Crippen LogP contribution in [-0.2, 0) is 13.1 Å². The van der Waals surface area contributed by atoms with Crippen LogP contribution in [0.4, 0.5) is 0 Å². The third-order valence-corrected chi connectivity index (χ3v) is 3.54. The van der Waals surface area contributed by atoms with Gasteiger partial charge in [0.05, 0.1) is 7.11 Å². The lowest BCUT2D eigenvalue weighted by atomic mass is 10.1. The summed E-state index contributed by atoms with van der Waals surface area (Å²) in [6.07, 6.45) is 2.40. The van der Waals surface area contributed by atoms with Crippen molar-refractivity contribution in [3.63, 3.8) is 0 Å². The van der Waals surface area contributed by atoms with E-state index in [2.05, 4.69) is 56.1 Å². The second-order valence-electron chi connectivity index (χ2n) is 5.96. The fraction of sp³-hybridized carbons (Fsp3) is 0.667. The Hall–Kier alpha value is -1.06. The molecule has 21 heavy (non-hydrogen) atoms. The maximum Gasteiger partial charge on any atom is 0.123 e. The summed E-state index contributed by atoms with van der Waals surface area (Å²) in [5.74, 6) is 0.994. The van der Waals surface area contributed by atoms with Gasteiger partial charge in [0.1, 0.15) is 5.75 Å². The summed E-state index contributed by atoms with van der Waals surface area (Å²) in [6.45, 7) is 13.0. The van der Waals surface area contributed by atoms with E-state index >= 15 is 0 Å². The second-order valence-corrected chi connectivity index (χ2v) is 5.96. The van der Waals surface area contributed by atoms with E-state index in [4.69, 9.17) is 4.74 Å². The first-order valence-electron chi connectivity index (χ1n) is 8.22. The van der Waals surface area contributed by atoms with E-state index in [1.165, 1.54) is 24.0 Å². The predicted octanol–water partition coefficient (Wildman–Crippen LogP) is 3.82. The molecule has 0 atom stereocenters. The molecular formula is C18H32N2O. The van der Waals surface area contributed by atoms with Crippen molar-refractivity contribution in [2.45, 2.75) is 59.7 Å². The highest BCUT2D eigenvalue weighted by Gasteiger charge is 2.08. The van der Waals surface area contributed by atoms with Gasteiger partial charge in [-0.05, 0) is 37.6 Å². The molecule has 1 aromatic carbocycles. The molecule has 1 rings (SSSR count). The Balaban J connectivity index is 2.75. The number of nitrogens with zero attached hydrogens (tertiary/aromatic N) is 1. The highest BCUT2D eigenvalue weighted by atomic mass is 16.5. The summed E-state index contributed by atoms with van der Waals surface area (Å²) >= 11 is 0. The van der Waals surface area contributed by atoms with Gasteiger partial charge in [0.2, 0.25) is 0 Å². The quantitative estimate of drug-likeness (QED) is 0.709. The van der Waals surface area contributed by atoms with Crippen LogP contribution in [0.1, 0.15) is 51.7 Å². The van der Waals surface area contributed by atoms with Gasteiger partial charge in [-0.25, -0.2) is 0 Å². The highest BCUT2D eigenvalue weighted by Crippen LogP contribution is 2.21. The van der Waals surface area contributed by atoms with E-state index in [9.17, 15) is 0 Å². The molecule has 1 aromatic rings. The Morgan fingerprint density at radius 1 is 1.14 bits per heavy atom. The fourth-order valence-electron chi connectivity index (χ4n) is 2.51. The summed E-state index contributed by atoms with van der Waals surface area (Å²) in [5, 5.41) is 3.45. The van der Waals surface area contributed by atoms with Crippen molar-refractivity contribution in [1.29, 1.82) is 0 Å². The lowest BCUT2D eigenvalue weighted by Crippen LogP contribution is -2.25. The number of ether oxygens (including phenoxy) is 1. The lowest BCUT2D eigenvalue weighted by Gasteiger charge is -2.22. The van der Waals surface area contributed by atoms with Gasteiger partial charge in [0.15, 0.2) is 0 Å². The van der Waals surface area contributed by atoms with E-state index < -0.39 is 0 Å². The summed E-state index contributed by atoms with van der Waals surface area (Å²) in [5.41, 5.74) is 2.56. The SMILES string of the molecule is CCCN(CCC)Cc1ccc(CNC(C)C)c(OC)c1. The predicted molar refractivity (Wildman–Crippen MR) is 90.8 cm³/mol. The first-order chi connectivity index (χ1) is 10.1. The molecule has 0 saturated heterocycles. The smallest absolute Gasteiger partial charge is 0.123 e. The normalized spacial score (nSPS) is 11.4. The average Bonchev–Trinajstić information content (AvgIpc) is 2.46. The van der Waals surface area contributed by atoms with Gasteiger partial charge < -0.3 is 10.1 Å². The van der Waals surface area contributed by atoms with Crippen LogP contribution in [0, 0.1) is 0 Å². The Bertz CT molecular complexity index is 398. The molecular weight excluding hydrogens is 260 g/mol. The van der Waals surface area contributed by atoms with Crippen LogP contribution in [0.3, 0.4) is 0 Å². The van der Waals surface area contributed by atoms with Gasteiger partial charge in [-0.3, -0.25) is 4.90 Å². The maximum atomic E-state index is 5.56. The number of hydrogen-bond acceptors (Lipinski definition) is 3. The van der Waals surface area contributed by atoms with E-state index in [1.807, 2.05) is 0 Å². The molecule has 0 spiro atoms. The van der Waals surface area contributed by atoms with Gasteiger partial charge in [0, 0.05) is 24.7 Å². The third-order valence-electron chi connectivity index (χ3n) is 3.54. The van der Waals surface area contributed by atoms with Crippen LogP contribution in [0.25, 0.3) is 0 Å². The van der Waals surface area contributed by atoms with E-state index in [-0.39, 0.29) is 0 Å². The Labute approximate surface area is 130 Å². The summed E-state index contributed by atoms with van der Waals surface area (Å²) in [7, 11) is 1.76. The van der Waals surface area contributed by atoms with Gasteiger partial charge in [-0.2, -0.15) is 0 Å². The fourth-order valence-corrected chi connectivity index (χ4v) is 2.51. The van der Waals surface area contributed by atoms with Crippen molar-refractivity contribution < 1.29 is 4.74 Å². The zero-order valence-electron chi connectivity index (χ0n) is 14.4. The van der Waals surface area contributed by atoms with Gasteiger partial charge in [-0.1, -0.05) is 39.8 Å². The second kappa shape index (κ2) is 9.80. The first kappa shape index (κ1) is 18.0. The third kappa shape index (κ3) is 6.49. The average molecular weight is 292 g/mol. The Morgan fingerprint density at radius 2 is 1.81 bits per heavy atom. The van der Waals surface area contributed by atoms with Crippen LogP contribution >= 0.6 is 0 Å². The van der Waals surface area contributed by atoms with Crippen molar-refractivity contribution >= 4 is 0 Å². The summed E-state index contributed by atoms with van der Waals surface area (Å²) in [4.78, 5) is 2.51. The first-order valence-corrected chi connectivity index (χ1v) is 8.22. The van der Waals surface area contributed by atoms with Crippen molar-refractivity contribution in [3.05, 3.63) is 29.3 Å². The monoisotopic (exact) mass is 292 g/mol. The molecule has 0 unspecified atom stereocenters.